The fourth-order valence-electron chi connectivity index (χ4n) is 3.65. The third kappa shape index (κ3) is 19.5. The van der Waals surface area contributed by atoms with E-state index in [1.165, 1.54) is 11.1 Å². The summed E-state index contributed by atoms with van der Waals surface area (Å²) in [6, 6.07) is 16.5. The number of hydrogen-bond donors (Lipinski definition) is 2. The van der Waals surface area contributed by atoms with Gasteiger partial charge in [-0.2, -0.15) is 0 Å². The molecule has 0 aliphatic rings. The summed E-state index contributed by atoms with van der Waals surface area (Å²) in [6.07, 6.45) is 3.07. The van der Waals surface area contributed by atoms with Gasteiger partial charge in [-0.25, -0.2) is 0 Å². The van der Waals surface area contributed by atoms with Gasteiger partial charge >= 0.3 is 0 Å². The minimum atomic E-state index is 0.0286. The average Bonchev–Trinajstić information content (AvgIpc) is 3.00. The summed E-state index contributed by atoms with van der Waals surface area (Å²) in [7, 11) is 0. The minimum Gasteiger partial charge on any atom is -0.491 e. The van der Waals surface area contributed by atoms with E-state index in [-0.39, 0.29) is 13.2 Å². The maximum atomic E-state index is 8.61. The normalized spacial score (nSPS) is 11.2. The first-order chi connectivity index (χ1) is 20.3. The zero-order valence-electron chi connectivity index (χ0n) is 24.2. The Morgan fingerprint density at radius 2 is 0.659 bits per heavy atom. The van der Waals surface area contributed by atoms with Gasteiger partial charge in [-0.3, -0.25) is 0 Å². The van der Waals surface area contributed by atoms with Crippen molar-refractivity contribution in [2.24, 2.45) is 0 Å². The lowest BCUT2D eigenvalue weighted by Gasteiger charge is -2.09. The Bertz CT molecular complexity index is 762. The molecule has 2 N–H and O–H groups in total. The van der Waals surface area contributed by atoms with Crippen molar-refractivity contribution in [2.45, 2.75) is 19.3 Å². The Kier molecular flexibility index (Phi) is 21.7. The summed E-state index contributed by atoms with van der Waals surface area (Å²) in [5.41, 5.74) is 2.57. The van der Waals surface area contributed by atoms with Crippen LogP contribution in [0.25, 0.3) is 0 Å². The second-order valence-corrected chi connectivity index (χ2v) is 8.96. The van der Waals surface area contributed by atoms with Crippen molar-refractivity contribution in [1.82, 2.24) is 0 Å². The average molecular weight is 581 g/mol. The molecule has 0 aliphatic carbocycles. The van der Waals surface area contributed by atoms with Gasteiger partial charge in [0.25, 0.3) is 0 Å². The molecule has 0 saturated heterocycles. The smallest absolute Gasteiger partial charge is 0.119 e. The van der Waals surface area contributed by atoms with Gasteiger partial charge in [0.05, 0.1) is 92.5 Å². The molecular formula is C31H48O10. The highest BCUT2D eigenvalue weighted by Crippen LogP contribution is 2.16. The van der Waals surface area contributed by atoms with Crippen LogP contribution < -0.4 is 9.47 Å². The van der Waals surface area contributed by atoms with Crippen LogP contribution in [0.3, 0.4) is 0 Å². The predicted octanol–water partition coefficient (Wildman–Crippen LogP) is 2.70. The van der Waals surface area contributed by atoms with Crippen LogP contribution in [0.5, 0.6) is 11.5 Å². The number of rotatable bonds is 28. The van der Waals surface area contributed by atoms with Gasteiger partial charge in [-0.1, -0.05) is 24.3 Å². The standard InChI is InChI=1S/C31H48O10/c32-12-14-34-16-18-36-20-22-38-24-26-40-30-8-4-28(5-9-30)2-1-3-29-6-10-31(11-7-29)41-27-25-39-23-21-37-19-17-35-15-13-33/h4-11,32-33H,1-3,12-27H2. The van der Waals surface area contributed by atoms with E-state index in [1.54, 1.807) is 0 Å². The Morgan fingerprint density at radius 3 is 0.976 bits per heavy atom. The van der Waals surface area contributed by atoms with E-state index in [0.29, 0.717) is 92.5 Å². The number of hydrogen-bond acceptors (Lipinski definition) is 10. The molecule has 0 aliphatic heterocycles. The summed E-state index contributed by atoms with van der Waals surface area (Å²) in [6.45, 7) is 6.69. The van der Waals surface area contributed by atoms with E-state index in [2.05, 4.69) is 24.3 Å². The van der Waals surface area contributed by atoms with Crippen molar-refractivity contribution in [1.29, 1.82) is 0 Å². The van der Waals surface area contributed by atoms with Crippen LogP contribution in [-0.2, 0) is 41.3 Å². The molecule has 0 fully saturated rings. The lowest BCUT2D eigenvalue weighted by Crippen LogP contribution is -2.13. The van der Waals surface area contributed by atoms with Crippen LogP contribution in [0.1, 0.15) is 17.5 Å². The van der Waals surface area contributed by atoms with Crippen molar-refractivity contribution in [3.8, 4) is 11.5 Å². The number of aliphatic hydroxyl groups excluding tert-OH is 2. The van der Waals surface area contributed by atoms with Crippen molar-refractivity contribution in [3.05, 3.63) is 59.7 Å². The van der Waals surface area contributed by atoms with E-state index in [9.17, 15) is 0 Å². The van der Waals surface area contributed by atoms with Gasteiger partial charge in [0, 0.05) is 0 Å². The van der Waals surface area contributed by atoms with E-state index < -0.39 is 0 Å². The highest BCUT2D eigenvalue weighted by Gasteiger charge is 2.00. The molecule has 0 atom stereocenters. The number of ether oxygens (including phenoxy) is 8. The van der Waals surface area contributed by atoms with E-state index in [0.717, 1.165) is 30.8 Å². The molecule has 2 aromatic carbocycles. The molecule has 0 bridgehead atoms. The van der Waals surface area contributed by atoms with Gasteiger partial charge in [0.2, 0.25) is 0 Å². The number of benzene rings is 2. The molecular weight excluding hydrogens is 532 g/mol. The Morgan fingerprint density at radius 1 is 0.366 bits per heavy atom. The van der Waals surface area contributed by atoms with E-state index in [4.69, 9.17) is 48.1 Å². The molecule has 0 amide bonds. The largest absolute Gasteiger partial charge is 0.491 e. The van der Waals surface area contributed by atoms with Gasteiger partial charge in [0.1, 0.15) is 24.7 Å². The fourth-order valence-corrected chi connectivity index (χ4v) is 3.65. The lowest BCUT2D eigenvalue weighted by atomic mass is 10.0. The summed E-state index contributed by atoms with van der Waals surface area (Å²) in [5.74, 6) is 1.67. The molecule has 0 aromatic heterocycles. The first kappa shape index (κ1) is 34.9. The minimum absolute atomic E-state index is 0.0286. The van der Waals surface area contributed by atoms with E-state index >= 15 is 0 Å². The Labute approximate surface area is 244 Å². The molecule has 41 heavy (non-hydrogen) atoms. The summed E-state index contributed by atoms with van der Waals surface area (Å²) in [4.78, 5) is 0. The molecule has 10 heteroatoms. The highest BCUT2D eigenvalue weighted by atomic mass is 16.6. The summed E-state index contributed by atoms with van der Waals surface area (Å²) in [5, 5.41) is 17.2. The van der Waals surface area contributed by atoms with Crippen molar-refractivity contribution in [3.63, 3.8) is 0 Å². The molecule has 0 saturated carbocycles. The predicted molar refractivity (Wildman–Crippen MR) is 155 cm³/mol. The molecule has 2 rings (SSSR count). The third-order valence-corrected chi connectivity index (χ3v) is 5.73. The van der Waals surface area contributed by atoms with Crippen LogP contribution >= 0.6 is 0 Å². The molecule has 232 valence electrons. The fraction of sp³-hybridized carbons (Fsp3) is 0.613. The summed E-state index contributed by atoms with van der Waals surface area (Å²) < 4.78 is 43.5. The monoisotopic (exact) mass is 580 g/mol. The van der Waals surface area contributed by atoms with Crippen molar-refractivity contribution in [2.75, 3.05) is 106 Å². The maximum absolute atomic E-state index is 8.61. The zero-order chi connectivity index (χ0) is 29.1. The van der Waals surface area contributed by atoms with Crippen molar-refractivity contribution < 1.29 is 48.1 Å². The Hall–Kier alpha value is -2.28. The van der Waals surface area contributed by atoms with Crippen LogP contribution in [0.15, 0.2) is 48.5 Å². The highest BCUT2D eigenvalue weighted by molar-refractivity contribution is 5.29. The first-order valence-corrected chi connectivity index (χ1v) is 14.4. The Balaban J connectivity index is 1.44. The molecule has 2 aromatic rings. The molecule has 0 radical (unpaired) electrons. The van der Waals surface area contributed by atoms with Crippen LogP contribution in [0.2, 0.25) is 0 Å². The number of aryl methyl sites for hydroxylation is 2. The SMILES string of the molecule is OCCOCCOCCOCCOc1ccc(CCCc2ccc(OCCOCCOCCOCCO)cc2)cc1. The topological polar surface area (TPSA) is 114 Å². The van der Waals surface area contributed by atoms with Gasteiger partial charge in [-0.15, -0.1) is 0 Å². The second kappa shape index (κ2) is 25.4. The zero-order valence-corrected chi connectivity index (χ0v) is 24.2. The maximum Gasteiger partial charge on any atom is 0.119 e. The first-order valence-electron chi connectivity index (χ1n) is 14.4. The second-order valence-electron chi connectivity index (χ2n) is 8.96. The van der Waals surface area contributed by atoms with E-state index in [1.807, 2.05) is 24.3 Å². The number of aliphatic hydroxyl groups is 2. The van der Waals surface area contributed by atoms with Gasteiger partial charge in [0.15, 0.2) is 0 Å². The molecule has 0 unspecified atom stereocenters. The van der Waals surface area contributed by atoms with Crippen LogP contribution in [-0.4, -0.2) is 116 Å². The molecule has 0 heterocycles. The van der Waals surface area contributed by atoms with Gasteiger partial charge < -0.3 is 48.1 Å². The van der Waals surface area contributed by atoms with Gasteiger partial charge in [-0.05, 0) is 54.7 Å². The summed E-state index contributed by atoms with van der Waals surface area (Å²) >= 11 is 0. The van der Waals surface area contributed by atoms with Crippen molar-refractivity contribution >= 4 is 0 Å². The van der Waals surface area contributed by atoms with Crippen LogP contribution in [0.4, 0.5) is 0 Å². The third-order valence-electron chi connectivity index (χ3n) is 5.73. The quantitative estimate of drug-likeness (QED) is 0.146. The lowest BCUT2D eigenvalue weighted by molar-refractivity contribution is 0.00361. The van der Waals surface area contributed by atoms with Crippen LogP contribution in [0, 0.1) is 0 Å². The molecule has 0 spiro atoms. The molecule has 10 nitrogen and oxygen atoms in total.